The second kappa shape index (κ2) is 6.14. The molecule has 1 aromatic heterocycles. The van der Waals surface area contributed by atoms with Gasteiger partial charge in [0.25, 0.3) is 0 Å². The molecule has 1 aromatic rings. The highest BCUT2D eigenvalue weighted by Crippen LogP contribution is 2.10. The summed E-state index contributed by atoms with van der Waals surface area (Å²) < 4.78 is 0. The molecule has 2 rings (SSSR count). The van der Waals surface area contributed by atoms with E-state index in [0.29, 0.717) is 18.8 Å². The van der Waals surface area contributed by atoms with Crippen molar-refractivity contribution in [2.75, 3.05) is 31.5 Å². The zero-order chi connectivity index (χ0) is 13.7. The molecule has 1 aliphatic heterocycles. The van der Waals surface area contributed by atoms with Gasteiger partial charge < -0.3 is 20.6 Å². The van der Waals surface area contributed by atoms with E-state index in [1.165, 1.54) is 18.5 Å². The first-order valence-electron chi connectivity index (χ1n) is 6.12. The molecule has 7 heteroatoms. The van der Waals surface area contributed by atoms with E-state index in [9.17, 15) is 9.59 Å². The minimum absolute atomic E-state index is 0.0512. The Morgan fingerprint density at radius 2 is 2.16 bits per heavy atom. The number of amides is 2. The van der Waals surface area contributed by atoms with Crippen LogP contribution in [0.2, 0.25) is 0 Å². The Balaban J connectivity index is 2.01. The van der Waals surface area contributed by atoms with Crippen LogP contribution in [0.3, 0.4) is 0 Å². The van der Waals surface area contributed by atoms with Crippen molar-refractivity contribution in [3.8, 4) is 0 Å². The van der Waals surface area contributed by atoms with Crippen LogP contribution in [0.15, 0.2) is 18.5 Å². The molecule has 7 nitrogen and oxygen atoms in total. The lowest BCUT2D eigenvalue weighted by Gasteiger charge is -2.20. The van der Waals surface area contributed by atoms with Crippen LogP contribution in [0.5, 0.6) is 0 Å². The van der Waals surface area contributed by atoms with Gasteiger partial charge in [-0.1, -0.05) is 0 Å². The third-order valence-corrected chi connectivity index (χ3v) is 2.86. The molecule has 102 valence electrons. The van der Waals surface area contributed by atoms with E-state index in [4.69, 9.17) is 5.11 Å². The molecule has 19 heavy (non-hydrogen) atoms. The number of aromatic nitrogens is 1. The van der Waals surface area contributed by atoms with Gasteiger partial charge in [0.05, 0.1) is 17.4 Å². The van der Waals surface area contributed by atoms with E-state index in [1.54, 1.807) is 4.90 Å². The summed E-state index contributed by atoms with van der Waals surface area (Å²) in [5.74, 6) is -1.07. The maximum absolute atomic E-state index is 12.0. The van der Waals surface area contributed by atoms with Crippen LogP contribution in [-0.4, -0.2) is 53.2 Å². The second-order valence-corrected chi connectivity index (χ2v) is 4.29. The Morgan fingerprint density at radius 1 is 1.32 bits per heavy atom. The smallest absolute Gasteiger partial charge is 0.337 e. The third kappa shape index (κ3) is 3.65. The number of hydrogen-bond donors (Lipinski definition) is 3. The predicted octanol–water partition coefficient (Wildman–Crippen LogP) is 0.607. The maximum atomic E-state index is 12.0. The van der Waals surface area contributed by atoms with E-state index in [2.05, 4.69) is 15.6 Å². The van der Waals surface area contributed by atoms with Gasteiger partial charge in [-0.15, -0.1) is 0 Å². The van der Waals surface area contributed by atoms with E-state index < -0.39 is 5.97 Å². The van der Waals surface area contributed by atoms with Crippen molar-refractivity contribution in [1.82, 2.24) is 15.2 Å². The molecule has 0 atom stereocenters. The molecule has 1 fully saturated rings. The lowest BCUT2D eigenvalue weighted by Crippen LogP contribution is -2.37. The van der Waals surface area contributed by atoms with Crippen molar-refractivity contribution < 1.29 is 14.7 Å². The molecule has 0 aliphatic carbocycles. The number of nitrogens with zero attached hydrogens (tertiary/aromatic N) is 2. The summed E-state index contributed by atoms with van der Waals surface area (Å²) in [6.45, 7) is 2.99. The van der Waals surface area contributed by atoms with Gasteiger partial charge >= 0.3 is 12.0 Å². The fraction of sp³-hybridized carbons (Fsp3) is 0.417. The van der Waals surface area contributed by atoms with Crippen LogP contribution < -0.4 is 10.6 Å². The number of pyridine rings is 1. The number of carbonyl (C=O) groups excluding carboxylic acids is 1. The minimum Gasteiger partial charge on any atom is -0.478 e. The topological polar surface area (TPSA) is 94.6 Å². The SMILES string of the molecule is O=C(O)c1cncc(NC(=O)N2CCCNCC2)c1. The largest absolute Gasteiger partial charge is 0.478 e. The van der Waals surface area contributed by atoms with Crippen LogP contribution >= 0.6 is 0 Å². The van der Waals surface area contributed by atoms with Crippen molar-refractivity contribution >= 4 is 17.7 Å². The number of rotatable bonds is 2. The highest BCUT2D eigenvalue weighted by molar-refractivity contribution is 5.92. The molecule has 0 aromatic carbocycles. The van der Waals surface area contributed by atoms with E-state index >= 15 is 0 Å². The average Bonchev–Trinajstić information content (AvgIpc) is 2.68. The van der Waals surface area contributed by atoms with Crippen molar-refractivity contribution in [2.45, 2.75) is 6.42 Å². The molecule has 0 spiro atoms. The summed E-state index contributed by atoms with van der Waals surface area (Å²) in [5, 5.41) is 14.7. The molecular formula is C12H16N4O3. The van der Waals surface area contributed by atoms with Gasteiger partial charge in [0.2, 0.25) is 0 Å². The molecule has 0 saturated carbocycles. The van der Waals surface area contributed by atoms with E-state index in [1.807, 2.05) is 0 Å². The van der Waals surface area contributed by atoms with Crippen molar-refractivity contribution in [3.05, 3.63) is 24.0 Å². The highest BCUT2D eigenvalue weighted by atomic mass is 16.4. The summed E-state index contributed by atoms with van der Waals surface area (Å²) in [6, 6.07) is 1.16. The monoisotopic (exact) mass is 264 g/mol. The number of carboxylic acid groups (broad SMARTS) is 1. The van der Waals surface area contributed by atoms with Crippen LogP contribution in [0.1, 0.15) is 16.8 Å². The van der Waals surface area contributed by atoms with Crippen molar-refractivity contribution in [3.63, 3.8) is 0 Å². The Morgan fingerprint density at radius 3 is 2.95 bits per heavy atom. The second-order valence-electron chi connectivity index (χ2n) is 4.29. The maximum Gasteiger partial charge on any atom is 0.337 e. The number of urea groups is 1. The van der Waals surface area contributed by atoms with Crippen LogP contribution in [-0.2, 0) is 0 Å². The number of hydrogen-bond acceptors (Lipinski definition) is 4. The van der Waals surface area contributed by atoms with Crippen LogP contribution in [0.25, 0.3) is 0 Å². The summed E-state index contributed by atoms with van der Waals surface area (Å²) in [6.07, 6.45) is 3.58. The van der Waals surface area contributed by atoms with Gasteiger partial charge in [-0.25, -0.2) is 9.59 Å². The van der Waals surface area contributed by atoms with Crippen LogP contribution in [0.4, 0.5) is 10.5 Å². The van der Waals surface area contributed by atoms with Crippen LogP contribution in [0, 0.1) is 0 Å². The fourth-order valence-corrected chi connectivity index (χ4v) is 1.88. The van der Waals surface area contributed by atoms with Crippen molar-refractivity contribution in [1.29, 1.82) is 0 Å². The molecule has 3 N–H and O–H groups in total. The van der Waals surface area contributed by atoms with Gasteiger partial charge in [0.1, 0.15) is 0 Å². The molecule has 0 radical (unpaired) electrons. The molecule has 0 unspecified atom stereocenters. The number of anilines is 1. The Kier molecular flexibility index (Phi) is 4.30. The van der Waals surface area contributed by atoms with Gasteiger partial charge in [-0.05, 0) is 19.0 Å². The number of aromatic carboxylic acids is 1. The van der Waals surface area contributed by atoms with Gasteiger partial charge in [-0.2, -0.15) is 0 Å². The molecule has 2 heterocycles. The molecular weight excluding hydrogens is 248 g/mol. The Hall–Kier alpha value is -2.15. The predicted molar refractivity (Wildman–Crippen MR) is 69.3 cm³/mol. The quantitative estimate of drug-likeness (QED) is 0.727. The summed E-state index contributed by atoms with van der Waals surface area (Å²) >= 11 is 0. The van der Waals surface area contributed by atoms with Gasteiger partial charge in [0.15, 0.2) is 0 Å². The minimum atomic E-state index is -1.07. The van der Waals surface area contributed by atoms with Gasteiger partial charge in [-0.3, -0.25) is 4.98 Å². The van der Waals surface area contributed by atoms with E-state index in [-0.39, 0.29) is 11.6 Å². The normalized spacial score (nSPS) is 15.7. The van der Waals surface area contributed by atoms with E-state index in [0.717, 1.165) is 19.5 Å². The third-order valence-electron chi connectivity index (χ3n) is 2.86. The summed E-state index contributed by atoms with van der Waals surface area (Å²) in [7, 11) is 0. The summed E-state index contributed by atoms with van der Waals surface area (Å²) in [5.41, 5.74) is 0.442. The number of carboxylic acids is 1. The lowest BCUT2D eigenvalue weighted by atomic mass is 10.2. The molecule has 0 bridgehead atoms. The zero-order valence-electron chi connectivity index (χ0n) is 10.4. The first kappa shape index (κ1) is 13.3. The van der Waals surface area contributed by atoms with Gasteiger partial charge in [0, 0.05) is 25.8 Å². The summed E-state index contributed by atoms with van der Waals surface area (Å²) in [4.78, 5) is 28.3. The molecule has 2 amide bonds. The first-order chi connectivity index (χ1) is 9.16. The standard InChI is InChI=1S/C12H16N4O3/c17-11(18)9-6-10(8-14-7-9)15-12(19)16-4-1-2-13-3-5-16/h6-8,13H,1-5H2,(H,15,19)(H,17,18). The first-order valence-corrected chi connectivity index (χ1v) is 6.12. The average molecular weight is 264 g/mol. The zero-order valence-corrected chi connectivity index (χ0v) is 10.4. The number of nitrogens with one attached hydrogen (secondary N) is 2. The Labute approximate surface area is 110 Å². The molecule has 1 aliphatic rings. The lowest BCUT2D eigenvalue weighted by molar-refractivity contribution is 0.0696. The molecule has 1 saturated heterocycles. The number of carbonyl (C=O) groups is 2. The van der Waals surface area contributed by atoms with Crippen molar-refractivity contribution in [2.24, 2.45) is 0 Å². The fourth-order valence-electron chi connectivity index (χ4n) is 1.88. The highest BCUT2D eigenvalue weighted by Gasteiger charge is 2.15. The Bertz CT molecular complexity index is 470.